The van der Waals surface area contributed by atoms with Gasteiger partial charge >= 0.3 is 0 Å². The number of hydrazone groups is 1. The summed E-state index contributed by atoms with van der Waals surface area (Å²) in [5.74, 6) is 1.31. The fourth-order valence-electron chi connectivity index (χ4n) is 4.53. The Morgan fingerprint density at radius 2 is 1.81 bits per heavy atom. The number of nitrogens with zero attached hydrogens (tertiary/aromatic N) is 2. The van der Waals surface area contributed by atoms with Crippen LogP contribution in [-0.2, 0) is 9.59 Å². The zero-order valence-corrected chi connectivity index (χ0v) is 12.1. The normalized spacial score (nSPS) is 42.8. The number of carbonyl (C=O) groups is 2. The molecule has 6 unspecified atom stereocenters. The van der Waals surface area contributed by atoms with Gasteiger partial charge in [-0.3, -0.25) is 9.59 Å². The van der Waals surface area contributed by atoms with E-state index in [2.05, 4.69) is 17.3 Å². The van der Waals surface area contributed by atoms with Crippen molar-refractivity contribution in [1.82, 2.24) is 5.01 Å². The summed E-state index contributed by atoms with van der Waals surface area (Å²) >= 11 is 1.54. The number of hydrogen-bond donors (Lipinski definition) is 0. The number of hydrogen-bond acceptors (Lipinski definition) is 4. The molecule has 0 aromatic carbocycles. The summed E-state index contributed by atoms with van der Waals surface area (Å²) in [5.41, 5.74) is 0. The molecule has 1 aliphatic heterocycles. The minimum Gasteiger partial charge on any atom is -0.272 e. The predicted molar refractivity (Wildman–Crippen MR) is 78.5 cm³/mol. The van der Waals surface area contributed by atoms with E-state index in [0.717, 1.165) is 9.89 Å². The van der Waals surface area contributed by atoms with E-state index >= 15 is 0 Å². The molecular weight excluding hydrogens is 284 g/mol. The second-order valence-corrected chi connectivity index (χ2v) is 7.38. The lowest BCUT2D eigenvalue weighted by molar-refractivity contribution is -0.140. The third kappa shape index (κ3) is 1.47. The first-order valence-electron chi connectivity index (χ1n) is 7.39. The van der Waals surface area contributed by atoms with Gasteiger partial charge in [0.2, 0.25) is 0 Å². The summed E-state index contributed by atoms with van der Waals surface area (Å²) < 4.78 is 0. The zero-order chi connectivity index (χ0) is 14.1. The maximum Gasteiger partial charge on any atom is 0.254 e. The molecule has 4 nitrogen and oxygen atoms in total. The van der Waals surface area contributed by atoms with Crippen molar-refractivity contribution in [2.24, 2.45) is 40.6 Å². The highest BCUT2D eigenvalue weighted by atomic mass is 32.1. The Morgan fingerprint density at radius 3 is 2.38 bits per heavy atom. The average Bonchev–Trinajstić information content (AvgIpc) is 3.10. The van der Waals surface area contributed by atoms with E-state index in [1.165, 1.54) is 6.42 Å². The second kappa shape index (κ2) is 3.91. The summed E-state index contributed by atoms with van der Waals surface area (Å²) in [6.45, 7) is 0. The van der Waals surface area contributed by atoms with Gasteiger partial charge in [-0.2, -0.15) is 10.1 Å². The lowest BCUT2D eigenvalue weighted by Crippen LogP contribution is -2.40. The molecule has 6 rings (SSSR count). The van der Waals surface area contributed by atoms with Crippen LogP contribution in [0.15, 0.2) is 34.8 Å². The van der Waals surface area contributed by atoms with E-state index in [1.807, 2.05) is 17.5 Å². The van der Waals surface area contributed by atoms with Crippen LogP contribution in [0, 0.1) is 35.5 Å². The van der Waals surface area contributed by atoms with Crippen LogP contribution in [0.3, 0.4) is 0 Å². The Morgan fingerprint density at radius 1 is 1.14 bits per heavy atom. The minimum absolute atomic E-state index is 0.0949. The quantitative estimate of drug-likeness (QED) is 0.477. The van der Waals surface area contributed by atoms with Crippen molar-refractivity contribution >= 4 is 29.4 Å². The molecular formula is C16H14N2O2S. The number of rotatable bonds is 2. The molecule has 0 radical (unpaired) electrons. The minimum atomic E-state index is -0.156. The van der Waals surface area contributed by atoms with Crippen LogP contribution < -0.4 is 0 Å². The number of thiophene rings is 1. The molecule has 2 bridgehead atoms. The number of amides is 2. The summed E-state index contributed by atoms with van der Waals surface area (Å²) in [4.78, 5) is 26.2. The largest absolute Gasteiger partial charge is 0.272 e. The molecule has 2 saturated carbocycles. The first-order valence-corrected chi connectivity index (χ1v) is 8.27. The predicted octanol–water partition coefficient (Wildman–Crippen LogP) is 2.14. The fraction of sp³-hybridized carbons (Fsp3) is 0.438. The van der Waals surface area contributed by atoms with Crippen molar-refractivity contribution in [3.63, 3.8) is 0 Å². The van der Waals surface area contributed by atoms with Crippen molar-refractivity contribution in [1.29, 1.82) is 0 Å². The van der Waals surface area contributed by atoms with E-state index in [1.54, 1.807) is 17.6 Å². The van der Waals surface area contributed by atoms with Gasteiger partial charge in [-0.05, 0) is 41.5 Å². The molecule has 3 fully saturated rings. The average molecular weight is 298 g/mol. The Kier molecular flexibility index (Phi) is 2.21. The summed E-state index contributed by atoms with van der Waals surface area (Å²) in [7, 11) is 0. The molecule has 5 aliphatic rings. The first-order chi connectivity index (χ1) is 10.3. The SMILES string of the molecule is O=C1C2C3C=CC(C4CC34)C2C(=O)N1/N=C/c1cccs1. The van der Waals surface area contributed by atoms with Crippen LogP contribution >= 0.6 is 11.3 Å². The molecule has 1 aromatic heterocycles. The molecule has 0 N–H and O–H groups in total. The summed E-state index contributed by atoms with van der Waals surface area (Å²) in [6.07, 6.45) is 7.16. The van der Waals surface area contributed by atoms with Crippen LogP contribution in [-0.4, -0.2) is 23.0 Å². The van der Waals surface area contributed by atoms with Crippen molar-refractivity contribution in [3.8, 4) is 0 Å². The van der Waals surface area contributed by atoms with Gasteiger partial charge in [0.05, 0.1) is 18.1 Å². The highest BCUT2D eigenvalue weighted by molar-refractivity contribution is 7.11. The molecule has 106 valence electrons. The van der Waals surface area contributed by atoms with Gasteiger partial charge in [-0.25, -0.2) is 0 Å². The lowest BCUT2D eigenvalue weighted by Gasteiger charge is -2.37. The van der Waals surface area contributed by atoms with E-state index in [0.29, 0.717) is 11.8 Å². The summed E-state index contributed by atoms with van der Waals surface area (Å²) in [5, 5.41) is 7.26. The van der Waals surface area contributed by atoms with Crippen LogP contribution in [0.5, 0.6) is 0 Å². The highest BCUT2D eigenvalue weighted by Gasteiger charge is 2.67. The van der Waals surface area contributed by atoms with Gasteiger partial charge in [-0.1, -0.05) is 18.2 Å². The van der Waals surface area contributed by atoms with Crippen LogP contribution in [0.25, 0.3) is 0 Å². The van der Waals surface area contributed by atoms with E-state index in [4.69, 9.17) is 0 Å². The molecule has 5 heteroatoms. The topological polar surface area (TPSA) is 49.7 Å². The fourth-order valence-corrected chi connectivity index (χ4v) is 5.11. The maximum atomic E-state index is 12.6. The smallest absolute Gasteiger partial charge is 0.254 e. The van der Waals surface area contributed by atoms with Crippen LogP contribution in [0.2, 0.25) is 0 Å². The monoisotopic (exact) mass is 298 g/mol. The molecule has 0 spiro atoms. The van der Waals surface area contributed by atoms with E-state index in [9.17, 15) is 9.59 Å². The molecule has 1 aromatic rings. The molecule has 2 amide bonds. The second-order valence-electron chi connectivity index (χ2n) is 6.40. The molecule has 6 atom stereocenters. The third-order valence-corrected chi connectivity index (χ3v) is 6.29. The van der Waals surface area contributed by atoms with Crippen LogP contribution in [0.4, 0.5) is 0 Å². The maximum absolute atomic E-state index is 12.6. The Labute approximate surface area is 126 Å². The van der Waals surface area contributed by atoms with Gasteiger partial charge in [0.1, 0.15) is 0 Å². The van der Waals surface area contributed by atoms with Crippen molar-refractivity contribution in [2.75, 3.05) is 0 Å². The number of allylic oxidation sites excluding steroid dienone is 2. The number of carbonyl (C=O) groups excluding carboxylic acids is 2. The molecule has 4 aliphatic carbocycles. The van der Waals surface area contributed by atoms with E-state index < -0.39 is 0 Å². The van der Waals surface area contributed by atoms with Crippen molar-refractivity contribution in [2.45, 2.75) is 6.42 Å². The number of imide groups is 1. The van der Waals surface area contributed by atoms with Crippen molar-refractivity contribution < 1.29 is 9.59 Å². The lowest BCUT2D eigenvalue weighted by atomic mass is 9.63. The molecule has 2 heterocycles. The highest BCUT2D eigenvalue weighted by Crippen LogP contribution is 2.65. The third-order valence-electron chi connectivity index (χ3n) is 5.48. The zero-order valence-electron chi connectivity index (χ0n) is 11.3. The first kappa shape index (κ1) is 11.9. The van der Waals surface area contributed by atoms with Gasteiger partial charge in [-0.15, -0.1) is 11.3 Å². The van der Waals surface area contributed by atoms with Gasteiger partial charge in [0.25, 0.3) is 11.8 Å². The van der Waals surface area contributed by atoms with Gasteiger partial charge in [0, 0.05) is 4.88 Å². The Hall–Kier alpha value is -1.75. The molecule has 1 saturated heterocycles. The van der Waals surface area contributed by atoms with Gasteiger partial charge in [0.15, 0.2) is 0 Å². The van der Waals surface area contributed by atoms with Crippen LogP contribution in [0.1, 0.15) is 11.3 Å². The Balaban J connectivity index is 1.48. The van der Waals surface area contributed by atoms with Crippen molar-refractivity contribution in [3.05, 3.63) is 34.5 Å². The summed E-state index contributed by atoms with van der Waals surface area (Å²) in [6, 6.07) is 3.85. The Bertz CT molecular complexity index is 657. The van der Waals surface area contributed by atoms with Gasteiger partial charge < -0.3 is 0 Å². The molecule has 21 heavy (non-hydrogen) atoms. The van der Waals surface area contributed by atoms with E-state index in [-0.39, 0.29) is 35.5 Å². The standard InChI is InChI=1S/C16H14N2O2S/c19-15-13-9-3-4-10(12-6-11(9)12)14(13)16(20)18(15)17-7-8-2-1-5-21-8/h1-5,7,9-14H,6H2/b17-7+.